The maximum absolute atomic E-state index is 5.51. The standard InChI is InChI=1S/C16H20N2OS/c1-19-13-8-6-12(7-9-13)14-15(20)18-16(17-14)10-4-2-3-5-11-16/h6-9H,2-5,10-11H2,1H3,(H,18,20). The molecule has 0 radical (unpaired) electrons. The van der Waals surface area contributed by atoms with Crippen LogP contribution in [0.2, 0.25) is 0 Å². The number of hydrogen-bond acceptors (Lipinski definition) is 3. The van der Waals surface area contributed by atoms with Gasteiger partial charge in [-0.25, -0.2) is 0 Å². The Labute approximate surface area is 125 Å². The number of ether oxygens (including phenoxy) is 1. The molecule has 0 aromatic heterocycles. The van der Waals surface area contributed by atoms with E-state index in [1.165, 1.54) is 25.7 Å². The summed E-state index contributed by atoms with van der Waals surface area (Å²) >= 11 is 5.51. The second-order valence-electron chi connectivity index (χ2n) is 5.59. The highest BCUT2D eigenvalue weighted by atomic mass is 32.1. The molecule has 0 saturated heterocycles. The van der Waals surface area contributed by atoms with Crippen LogP contribution in [0.3, 0.4) is 0 Å². The Morgan fingerprint density at radius 1 is 1.10 bits per heavy atom. The quantitative estimate of drug-likeness (QED) is 0.846. The van der Waals surface area contributed by atoms with Gasteiger partial charge < -0.3 is 10.1 Å². The molecule has 1 fully saturated rings. The zero-order chi connectivity index (χ0) is 14.0. The first-order valence-electron chi connectivity index (χ1n) is 7.29. The lowest BCUT2D eigenvalue weighted by atomic mass is 10.0. The summed E-state index contributed by atoms with van der Waals surface area (Å²) in [4.78, 5) is 5.76. The molecule has 4 heteroatoms. The van der Waals surface area contributed by atoms with Gasteiger partial charge >= 0.3 is 0 Å². The molecule has 3 rings (SSSR count). The van der Waals surface area contributed by atoms with Gasteiger partial charge in [-0.3, -0.25) is 4.99 Å². The summed E-state index contributed by atoms with van der Waals surface area (Å²) in [6.45, 7) is 0. The Hall–Kier alpha value is -1.42. The van der Waals surface area contributed by atoms with E-state index in [9.17, 15) is 0 Å². The number of hydrogen-bond donors (Lipinski definition) is 1. The molecule has 1 aliphatic heterocycles. The Kier molecular flexibility index (Phi) is 3.74. The summed E-state index contributed by atoms with van der Waals surface area (Å²) in [6.07, 6.45) is 7.26. The van der Waals surface area contributed by atoms with Gasteiger partial charge in [0.25, 0.3) is 0 Å². The predicted octanol–water partition coefficient (Wildman–Crippen LogP) is 3.47. The lowest BCUT2D eigenvalue weighted by Gasteiger charge is -2.24. The molecule has 0 atom stereocenters. The third kappa shape index (κ3) is 2.57. The first kappa shape index (κ1) is 13.6. The highest BCUT2D eigenvalue weighted by molar-refractivity contribution is 7.82. The minimum Gasteiger partial charge on any atom is -0.497 e. The molecule has 1 N–H and O–H groups in total. The van der Waals surface area contributed by atoms with Crippen LogP contribution < -0.4 is 10.1 Å². The number of methoxy groups -OCH3 is 1. The van der Waals surface area contributed by atoms with Crippen LogP contribution in [0.4, 0.5) is 0 Å². The molecule has 20 heavy (non-hydrogen) atoms. The fraction of sp³-hybridized carbons (Fsp3) is 0.500. The molecule has 0 bridgehead atoms. The zero-order valence-corrected chi connectivity index (χ0v) is 12.6. The van der Waals surface area contributed by atoms with Crippen LogP contribution in [0.25, 0.3) is 0 Å². The van der Waals surface area contributed by atoms with Crippen molar-refractivity contribution in [1.29, 1.82) is 0 Å². The second kappa shape index (κ2) is 5.52. The number of aliphatic imine (C=N–C) groups is 1. The van der Waals surface area contributed by atoms with E-state index >= 15 is 0 Å². The van der Waals surface area contributed by atoms with Gasteiger partial charge in [0.15, 0.2) is 0 Å². The maximum atomic E-state index is 5.51. The van der Waals surface area contributed by atoms with Gasteiger partial charge in [0, 0.05) is 5.56 Å². The lowest BCUT2D eigenvalue weighted by molar-refractivity contribution is 0.360. The lowest BCUT2D eigenvalue weighted by Crippen LogP contribution is -2.41. The van der Waals surface area contributed by atoms with E-state index in [0.29, 0.717) is 0 Å². The van der Waals surface area contributed by atoms with Crippen LogP contribution in [0.1, 0.15) is 44.1 Å². The molecule has 1 spiro atoms. The summed E-state index contributed by atoms with van der Waals surface area (Å²) in [5, 5.41) is 3.48. The SMILES string of the molecule is COc1ccc(C2=NC3(CCCCCC3)NC2=S)cc1. The summed E-state index contributed by atoms with van der Waals surface area (Å²) in [7, 11) is 1.68. The molecule has 1 saturated carbocycles. The number of rotatable bonds is 2. The van der Waals surface area contributed by atoms with Gasteiger partial charge in [0.05, 0.1) is 7.11 Å². The first-order valence-corrected chi connectivity index (χ1v) is 7.70. The molecule has 1 heterocycles. The fourth-order valence-electron chi connectivity index (χ4n) is 3.06. The van der Waals surface area contributed by atoms with Crippen molar-refractivity contribution in [3.63, 3.8) is 0 Å². The number of benzene rings is 1. The molecular formula is C16H20N2OS. The normalized spacial score (nSPS) is 21.2. The van der Waals surface area contributed by atoms with E-state index in [1.54, 1.807) is 7.11 Å². The Morgan fingerprint density at radius 2 is 1.75 bits per heavy atom. The van der Waals surface area contributed by atoms with Crippen LogP contribution in [-0.2, 0) is 0 Å². The Balaban J connectivity index is 1.89. The molecule has 1 aromatic rings. The molecule has 106 valence electrons. The van der Waals surface area contributed by atoms with E-state index in [-0.39, 0.29) is 5.66 Å². The van der Waals surface area contributed by atoms with E-state index in [2.05, 4.69) is 5.32 Å². The largest absolute Gasteiger partial charge is 0.497 e. The van der Waals surface area contributed by atoms with Crippen molar-refractivity contribution in [3.05, 3.63) is 29.8 Å². The highest BCUT2D eigenvalue weighted by Crippen LogP contribution is 2.32. The first-order chi connectivity index (χ1) is 9.72. The van der Waals surface area contributed by atoms with Crippen molar-refractivity contribution >= 4 is 22.9 Å². The number of nitrogens with zero attached hydrogens (tertiary/aromatic N) is 1. The number of thiocarbonyl (C=S) groups is 1. The topological polar surface area (TPSA) is 33.6 Å². The van der Waals surface area contributed by atoms with E-state index < -0.39 is 0 Å². The van der Waals surface area contributed by atoms with Crippen LogP contribution in [0, 0.1) is 0 Å². The predicted molar refractivity (Wildman–Crippen MR) is 85.7 cm³/mol. The van der Waals surface area contributed by atoms with Crippen molar-refractivity contribution in [2.45, 2.75) is 44.2 Å². The van der Waals surface area contributed by atoms with Crippen molar-refractivity contribution in [1.82, 2.24) is 5.32 Å². The summed E-state index contributed by atoms with van der Waals surface area (Å²) in [5.41, 5.74) is 1.87. The number of nitrogens with one attached hydrogen (secondary N) is 1. The molecule has 0 amide bonds. The average molecular weight is 288 g/mol. The smallest absolute Gasteiger partial charge is 0.131 e. The molecule has 1 aliphatic carbocycles. The summed E-state index contributed by atoms with van der Waals surface area (Å²) in [6, 6.07) is 7.97. The maximum Gasteiger partial charge on any atom is 0.131 e. The van der Waals surface area contributed by atoms with Crippen molar-refractivity contribution in [3.8, 4) is 5.75 Å². The molecular weight excluding hydrogens is 268 g/mol. The summed E-state index contributed by atoms with van der Waals surface area (Å²) in [5.74, 6) is 0.857. The molecule has 1 aromatic carbocycles. The summed E-state index contributed by atoms with van der Waals surface area (Å²) < 4.78 is 5.20. The average Bonchev–Trinajstić information content (AvgIpc) is 2.64. The van der Waals surface area contributed by atoms with Crippen LogP contribution in [0.15, 0.2) is 29.3 Å². The third-order valence-corrected chi connectivity index (χ3v) is 4.48. The van der Waals surface area contributed by atoms with Crippen molar-refractivity contribution in [2.24, 2.45) is 4.99 Å². The third-order valence-electron chi connectivity index (χ3n) is 4.18. The van der Waals surface area contributed by atoms with Gasteiger partial charge in [-0.2, -0.15) is 0 Å². The second-order valence-corrected chi connectivity index (χ2v) is 6.00. The van der Waals surface area contributed by atoms with E-state index in [1.807, 2.05) is 24.3 Å². The molecule has 3 nitrogen and oxygen atoms in total. The van der Waals surface area contributed by atoms with E-state index in [4.69, 9.17) is 21.9 Å². The van der Waals surface area contributed by atoms with Crippen LogP contribution >= 0.6 is 12.2 Å². The molecule has 2 aliphatic rings. The highest BCUT2D eigenvalue weighted by Gasteiger charge is 2.37. The zero-order valence-electron chi connectivity index (χ0n) is 11.8. The van der Waals surface area contributed by atoms with E-state index in [0.717, 1.165) is 34.9 Å². The van der Waals surface area contributed by atoms with Crippen LogP contribution in [0.5, 0.6) is 5.75 Å². The fourth-order valence-corrected chi connectivity index (χ4v) is 3.41. The monoisotopic (exact) mass is 288 g/mol. The van der Waals surface area contributed by atoms with Crippen LogP contribution in [-0.4, -0.2) is 23.5 Å². The van der Waals surface area contributed by atoms with Gasteiger partial charge in [0.1, 0.15) is 22.1 Å². The van der Waals surface area contributed by atoms with Crippen molar-refractivity contribution in [2.75, 3.05) is 7.11 Å². The van der Waals surface area contributed by atoms with Gasteiger partial charge in [-0.15, -0.1) is 0 Å². The minimum atomic E-state index is -0.136. The van der Waals surface area contributed by atoms with Gasteiger partial charge in [-0.05, 0) is 49.9 Å². The Morgan fingerprint density at radius 3 is 2.35 bits per heavy atom. The minimum absolute atomic E-state index is 0.136. The van der Waals surface area contributed by atoms with Crippen molar-refractivity contribution < 1.29 is 4.74 Å². The van der Waals surface area contributed by atoms with Gasteiger partial charge in [-0.1, -0.05) is 25.1 Å². The Bertz CT molecular complexity index is 528. The molecule has 0 unspecified atom stereocenters. The van der Waals surface area contributed by atoms with Gasteiger partial charge in [0.2, 0.25) is 0 Å².